The number of rotatable bonds is 7. The number of fused-ring (bicyclic) bond motifs is 6. The number of nitrogens with zero attached hydrogens (tertiary/aromatic N) is 1. The Morgan fingerprint density at radius 3 is 2.00 bits per heavy atom. The molecule has 2 fully saturated rings. The highest BCUT2D eigenvalue weighted by Gasteiger charge is 2.48. The SMILES string of the molecule is CC1(C)c2cc(N(c3ccc(-c4ccc(C5CC6CCC(C6)C5)cc4)cc3)c3ccc(C4CC=CCC4)cc3)ccc2C2C=CC=C(c3ccc4c(c3)CCC=C4)[C@H]21. The fourth-order valence-corrected chi connectivity index (χ4v) is 12.4. The zero-order chi connectivity index (χ0) is 38.8. The smallest absolute Gasteiger partial charge is 0.0464 e. The summed E-state index contributed by atoms with van der Waals surface area (Å²) in [4.78, 5) is 2.50. The molecule has 5 aromatic rings. The summed E-state index contributed by atoms with van der Waals surface area (Å²) in [6.07, 6.45) is 29.5. The lowest BCUT2D eigenvalue weighted by atomic mass is 9.68. The van der Waals surface area contributed by atoms with Gasteiger partial charge in [-0.1, -0.05) is 142 Å². The van der Waals surface area contributed by atoms with Gasteiger partial charge in [-0.15, -0.1) is 0 Å². The van der Waals surface area contributed by atoms with Crippen molar-refractivity contribution in [2.75, 3.05) is 4.90 Å². The van der Waals surface area contributed by atoms with E-state index in [1.165, 1.54) is 112 Å². The first-order chi connectivity index (χ1) is 28.5. The minimum Gasteiger partial charge on any atom is -0.310 e. The lowest BCUT2D eigenvalue weighted by Gasteiger charge is -2.35. The van der Waals surface area contributed by atoms with Gasteiger partial charge >= 0.3 is 0 Å². The van der Waals surface area contributed by atoms with Crippen LogP contribution in [0.1, 0.15) is 128 Å². The summed E-state index contributed by atoms with van der Waals surface area (Å²) in [5.74, 6) is 4.03. The fraction of sp³-hybridized carbons (Fsp3) is 0.333. The van der Waals surface area contributed by atoms with Crippen LogP contribution in [0.3, 0.4) is 0 Å². The standard InChI is InChI=1S/C57H57N/c1-57(2)55-37-51(31-32-53(55)54-14-8-13-52(56(54)57)47-22-21-41-11-6-7-12-46(41)36-47)58(49-27-23-43(24-28-49)40-9-4-3-5-10-40)50-29-25-44(26-30-50)42-17-19-45(20-18-42)48-34-38-15-16-39(33-38)35-48/h3-4,6,8,11,13-14,17-32,36-40,48,54,56H,5,7,9-10,12,15-16,33-35H2,1-2H3/t38?,39?,40?,48?,54?,56-/m1/s1. The third-order valence-corrected chi connectivity index (χ3v) is 15.4. The highest BCUT2D eigenvalue weighted by Crippen LogP contribution is 2.58. The van der Waals surface area contributed by atoms with Crippen molar-refractivity contribution < 1.29 is 0 Å². The van der Waals surface area contributed by atoms with Crippen LogP contribution in [0.25, 0.3) is 22.8 Å². The van der Waals surface area contributed by atoms with Crippen LogP contribution in [0.15, 0.2) is 146 Å². The molecule has 2 saturated carbocycles. The summed E-state index contributed by atoms with van der Waals surface area (Å²) < 4.78 is 0. The van der Waals surface area contributed by atoms with Gasteiger partial charge in [-0.2, -0.15) is 0 Å². The van der Waals surface area contributed by atoms with Crippen molar-refractivity contribution in [3.8, 4) is 11.1 Å². The Morgan fingerprint density at radius 2 is 1.26 bits per heavy atom. The lowest BCUT2D eigenvalue weighted by molar-refractivity contribution is 0.319. The van der Waals surface area contributed by atoms with Crippen molar-refractivity contribution in [1.29, 1.82) is 0 Å². The molecule has 0 spiro atoms. The molecule has 0 heterocycles. The lowest BCUT2D eigenvalue weighted by Crippen LogP contribution is -2.28. The van der Waals surface area contributed by atoms with Crippen molar-refractivity contribution in [3.63, 3.8) is 0 Å². The van der Waals surface area contributed by atoms with Gasteiger partial charge in [0.1, 0.15) is 0 Å². The van der Waals surface area contributed by atoms with E-state index in [-0.39, 0.29) is 5.41 Å². The second kappa shape index (κ2) is 14.6. The molecule has 0 N–H and O–H groups in total. The topological polar surface area (TPSA) is 3.24 Å². The van der Waals surface area contributed by atoms with Crippen molar-refractivity contribution in [1.82, 2.24) is 0 Å². The van der Waals surface area contributed by atoms with Crippen LogP contribution in [-0.2, 0) is 11.8 Å². The Morgan fingerprint density at radius 1 is 0.586 bits per heavy atom. The van der Waals surface area contributed by atoms with E-state index in [0.717, 1.165) is 37.0 Å². The molecule has 5 aromatic carbocycles. The van der Waals surface area contributed by atoms with Gasteiger partial charge in [-0.25, -0.2) is 0 Å². The molecule has 0 aliphatic heterocycles. The van der Waals surface area contributed by atoms with Crippen molar-refractivity contribution in [2.45, 2.75) is 101 Å². The largest absolute Gasteiger partial charge is 0.310 e. The summed E-state index contributed by atoms with van der Waals surface area (Å²) in [6, 6.07) is 43.0. The number of anilines is 3. The summed E-state index contributed by atoms with van der Waals surface area (Å²) in [5.41, 5.74) is 17.9. The Balaban J connectivity index is 0.928. The van der Waals surface area contributed by atoms with Crippen LogP contribution in [0.4, 0.5) is 17.1 Å². The molecule has 5 atom stereocenters. The molecule has 0 saturated heterocycles. The zero-order valence-corrected chi connectivity index (χ0v) is 34.4. The number of hydrogen-bond donors (Lipinski definition) is 0. The Bertz CT molecular complexity index is 2440. The average Bonchev–Trinajstić information content (AvgIpc) is 3.74. The molecule has 2 bridgehead atoms. The number of benzene rings is 5. The maximum Gasteiger partial charge on any atom is 0.0464 e. The second-order valence-corrected chi connectivity index (χ2v) is 19.1. The molecule has 0 amide bonds. The van der Waals surface area contributed by atoms with Crippen LogP contribution >= 0.6 is 0 Å². The van der Waals surface area contributed by atoms with E-state index in [0.29, 0.717) is 17.8 Å². The number of hydrogen-bond acceptors (Lipinski definition) is 1. The predicted octanol–water partition coefficient (Wildman–Crippen LogP) is 15.5. The zero-order valence-electron chi connectivity index (χ0n) is 34.4. The normalized spacial score (nSPS) is 26.1. The van der Waals surface area contributed by atoms with Crippen LogP contribution in [0, 0.1) is 17.8 Å². The van der Waals surface area contributed by atoms with Crippen LogP contribution in [-0.4, -0.2) is 0 Å². The fourth-order valence-electron chi connectivity index (χ4n) is 12.4. The van der Waals surface area contributed by atoms with Gasteiger partial charge in [0.05, 0.1) is 0 Å². The first-order valence-corrected chi connectivity index (χ1v) is 22.5. The summed E-state index contributed by atoms with van der Waals surface area (Å²) in [6.45, 7) is 4.98. The van der Waals surface area contributed by atoms with Gasteiger partial charge in [0.15, 0.2) is 0 Å². The van der Waals surface area contributed by atoms with E-state index < -0.39 is 0 Å². The first kappa shape index (κ1) is 36.0. The third kappa shape index (κ3) is 6.37. The predicted molar refractivity (Wildman–Crippen MR) is 245 cm³/mol. The summed E-state index contributed by atoms with van der Waals surface area (Å²) in [5, 5.41) is 0. The minimum absolute atomic E-state index is 0.0420. The average molecular weight is 756 g/mol. The van der Waals surface area contributed by atoms with E-state index in [1.807, 2.05) is 0 Å². The summed E-state index contributed by atoms with van der Waals surface area (Å²) in [7, 11) is 0. The van der Waals surface area contributed by atoms with Crippen molar-refractivity contribution >= 4 is 28.7 Å². The van der Waals surface area contributed by atoms with Crippen LogP contribution < -0.4 is 4.90 Å². The molecule has 58 heavy (non-hydrogen) atoms. The van der Waals surface area contributed by atoms with Crippen LogP contribution in [0.5, 0.6) is 0 Å². The highest BCUT2D eigenvalue weighted by molar-refractivity contribution is 5.82. The molecule has 0 aromatic heterocycles. The summed E-state index contributed by atoms with van der Waals surface area (Å²) >= 11 is 0. The van der Waals surface area contributed by atoms with Crippen molar-refractivity contribution in [3.05, 3.63) is 185 Å². The highest BCUT2D eigenvalue weighted by atomic mass is 15.1. The van der Waals surface area contributed by atoms with E-state index in [1.54, 1.807) is 5.56 Å². The number of allylic oxidation sites excluding steroid dienone is 7. The molecule has 0 radical (unpaired) electrons. The molecular weight excluding hydrogens is 699 g/mol. The van der Waals surface area contributed by atoms with Gasteiger partial charge in [0.25, 0.3) is 0 Å². The van der Waals surface area contributed by atoms with Gasteiger partial charge in [0, 0.05) is 28.9 Å². The van der Waals surface area contributed by atoms with E-state index >= 15 is 0 Å². The quantitative estimate of drug-likeness (QED) is 0.150. The van der Waals surface area contributed by atoms with Crippen molar-refractivity contribution in [2.24, 2.45) is 17.8 Å². The Hall–Kier alpha value is -5.14. The molecule has 6 aliphatic rings. The Kier molecular flexibility index (Phi) is 9.06. The van der Waals surface area contributed by atoms with Crippen LogP contribution in [0.2, 0.25) is 0 Å². The molecule has 1 heteroatoms. The van der Waals surface area contributed by atoms with Gasteiger partial charge in [-0.05, 0) is 172 Å². The Labute approximate surface area is 346 Å². The first-order valence-electron chi connectivity index (χ1n) is 22.5. The molecule has 1 nitrogen and oxygen atoms in total. The molecular formula is C57H57N. The number of aryl methyl sites for hydroxylation is 1. The molecule has 290 valence electrons. The van der Waals surface area contributed by atoms with E-state index in [9.17, 15) is 0 Å². The molecule has 6 aliphatic carbocycles. The molecule has 11 rings (SSSR count). The maximum absolute atomic E-state index is 2.53. The second-order valence-electron chi connectivity index (χ2n) is 19.1. The van der Waals surface area contributed by atoms with Gasteiger partial charge < -0.3 is 4.90 Å². The molecule has 4 unspecified atom stereocenters. The van der Waals surface area contributed by atoms with Gasteiger partial charge in [0.2, 0.25) is 0 Å². The monoisotopic (exact) mass is 755 g/mol. The van der Waals surface area contributed by atoms with E-state index in [2.05, 4.69) is 170 Å². The maximum atomic E-state index is 2.53. The third-order valence-electron chi connectivity index (χ3n) is 15.4. The minimum atomic E-state index is -0.0420. The van der Waals surface area contributed by atoms with E-state index in [4.69, 9.17) is 0 Å². The van der Waals surface area contributed by atoms with Gasteiger partial charge in [-0.3, -0.25) is 0 Å².